The van der Waals surface area contributed by atoms with Crippen LogP contribution in [0.3, 0.4) is 0 Å². The zero-order valence-electron chi connectivity index (χ0n) is 12.5. The summed E-state index contributed by atoms with van der Waals surface area (Å²) in [6.45, 7) is 2.62. The highest BCUT2D eigenvalue weighted by atomic mass is 35.5. The van der Waals surface area contributed by atoms with Gasteiger partial charge in [0.2, 0.25) is 5.16 Å². The van der Waals surface area contributed by atoms with Crippen molar-refractivity contribution in [1.29, 1.82) is 0 Å². The van der Waals surface area contributed by atoms with Crippen LogP contribution >= 0.6 is 23.4 Å². The van der Waals surface area contributed by atoms with Gasteiger partial charge in [-0.05, 0) is 41.6 Å². The Morgan fingerprint density at radius 2 is 2.04 bits per heavy atom. The lowest BCUT2D eigenvalue weighted by molar-refractivity contribution is 0.337. The van der Waals surface area contributed by atoms with Crippen LogP contribution in [-0.4, -0.2) is 26.8 Å². The fourth-order valence-corrected chi connectivity index (χ4v) is 3.17. The molecule has 1 aromatic heterocycles. The summed E-state index contributed by atoms with van der Waals surface area (Å²) in [6, 6.07) is 15.4. The van der Waals surface area contributed by atoms with E-state index in [0.29, 0.717) is 16.8 Å². The Kier molecular flexibility index (Phi) is 5.15. The average Bonchev–Trinajstić information content (AvgIpc) is 3.03. The minimum absolute atomic E-state index is 0.641. The van der Waals surface area contributed by atoms with Crippen molar-refractivity contribution < 1.29 is 4.74 Å². The standard InChI is InChI=1S/C16H15ClN4OS/c1-2-22-15-9-4-3-6-12(15)11-23-16-18-19-20-21(16)14-8-5-7-13(17)10-14/h3-10H,2,11H2,1H3. The minimum atomic E-state index is 0.641. The molecule has 7 heteroatoms. The van der Waals surface area contributed by atoms with E-state index in [4.69, 9.17) is 16.3 Å². The summed E-state index contributed by atoms with van der Waals surface area (Å²) in [5, 5.41) is 13.3. The maximum atomic E-state index is 6.04. The SMILES string of the molecule is CCOc1ccccc1CSc1nnnn1-c1cccc(Cl)c1. The summed E-state index contributed by atoms with van der Waals surface area (Å²) < 4.78 is 7.33. The summed E-state index contributed by atoms with van der Waals surface area (Å²) in [4.78, 5) is 0. The molecule has 0 amide bonds. The number of benzene rings is 2. The highest BCUT2D eigenvalue weighted by molar-refractivity contribution is 7.98. The van der Waals surface area contributed by atoms with Gasteiger partial charge >= 0.3 is 0 Å². The molecule has 0 radical (unpaired) electrons. The Labute approximate surface area is 143 Å². The Hall–Kier alpha value is -2.05. The first-order valence-electron chi connectivity index (χ1n) is 7.15. The van der Waals surface area contributed by atoms with Crippen molar-refractivity contribution in [3.63, 3.8) is 0 Å². The molecule has 3 aromatic rings. The highest BCUT2D eigenvalue weighted by Gasteiger charge is 2.11. The van der Waals surface area contributed by atoms with Gasteiger partial charge in [0.15, 0.2) is 0 Å². The first kappa shape index (κ1) is 15.8. The molecule has 23 heavy (non-hydrogen) atoms. The predicted molar refractivity (Wildman–Crippen MR) is 91.3 cm³/mol. The van der Waals surface area contributed by atoms with E-state index in [1.807, 2.05) is 55.5 Å². The number of aromatic nitrogens is 4. The van der Waals surface area contributed by atoms with Crippen molar-refractivity contribution in [3.8, 4) is 11.4 Å². The first-order chi connectivity index (χ1) is 11.3. The molecule has 0 unspecified atom stereocenters. The van der Waals surface area contributed by atoms with Gasteiger partial charge in [0, 0.05) is 16.3 Å². The number of halogens is 1. The van der Waals surface area contributed by atoms with E-state index in [1.54, 1.807) is 16.4 Å². The summed E-state index contributed by atoms with van der Waals surface area (Å²) in [5.74, 6) is 1.61. The van der Waals surface area contributed by atoms with Gasteiger partial charge in [-0.3, -0.25) is 0 Å². The number of thioether (sulfide) groups is 1. The van der Waals surface area contributed by atoms with Crippen LogP contribution in [0.5, 0.6) is 5.75 Å². The molecule has 0 fully saturated rings. The van der Waals surface area contributed by atoms with Crippen LogP contribution in [0.4, 0.5) is 0 Å². The maximum absolute atomic E-state index is 6.04. The summed E-state index contributed by atoms with van der Waals surface area (Å²) >= 11 is 7.59. The number of para-hydroxylation sites is 1. The Balaban J connectivity index is 1.79. The molecule has 0 atom stereocenters. The quantitative estimate of drug-likeness (QED) is 0.631. The lowest BCUT2D eigenvalue weighted by atomic mass is 10.2. The van der Waals surface area contributed by atoms with Gasteiger partial charge in [0.05, 0.1) is 12.3 Å². The van der Waals surface area contributed by atoms with Gasteiger partial charge in [-0.2, -0.15) is 4.68 Å². The maximum Gasteiger partial charge on any atom is 0.214 e. The molecule has 118 valence electrons. The van der Waals surface area contributed by atoms with E-state index in [2.05, 4.69) is 15.5 Å². The molecule has 0 saturated heterocycles. The second-order valence-corrected chi connectivity index (χ2v) is 6.06. The summed E-state index contributed by atoms with van der Waals surface area (Å²) in [6.07, 6.45) is 0. The smallest absolute Gasteiger partial charge is 0.214 e. The van der Waals surface area contributed by atoms with Gasteiger partial charge in [0.25, 0.3) is 0 Å². The summed E-state index contributed by atoms with van der Waals surface area (Å²) in [5.41, 5.74) is 1.95. The van der Waals surface area contributed by atoms with Crippen molar-refractivity contribution in [3.05, 3.63) is 59.1 Å². The van der Waals surface area contributed by atoms with Gasteiger partial charge in [0.1, 0.15) is 5.75 Å². The summed E-state index contributed by atoms with van der Waals surface area (Å²) in [7, 11) is 0. The van der Waals surface area contributed by atoms with Gasteiger partial charge < -0.3 is 4.74 Å². The monoisotopic (exact) mass is 346 g/mol. The van der Waals surface area contributed by atoms with Crippen molar-refractivity contribution in [2.45, 2.75) is 17.8 Å². The highest BCUT2D eigenvalue weighted by Crippen LogP contribution is 2.28. The average molecular weight is 347 g/mol. The van der Waals surface area contributed by atoms with Crippen LogP contribution in [0.1, 0.15) is 12.5 Å². The Bertz CT molecular complexity index is 793. The third-order valence-corrected chi connectivity index (χ3v) is 4.33. The molecule has 0 N–H and O–H groups in total. The van der Waals surface area contributed by atoms with E-state index in [0.717, 1.165) is 22.8 Å². The molecule has 0 bridgehead atoms. The second kappa shape index (κ2) is 7.48. The van der Waals surface area contributed by atoms with Crippen molar-refractivity contribution >= 4 is 23.4 Å². The molecule has 5 nitrogen and oxygen atoms in total. The van der Waals surface area contributed by atoms with Crippen LogP contribution in [-0.2, 0) is 5.75 Å². The van der Waals surface area contributed by atoms with Crippen molar-refractivity contribution in [1.82, 2.24) is 20.2 Å². The van der Waals surface area contributed by atoms with Gasteiger partial charge in [-0.25, -0.2) is 0 Å². The molecule has 2 aromatic carbocycles. The Morgan fingerprint density at radius 3 is 2.87 bits per heavy atom. The molecular weight excluding hydrogens is 332 g/mol. The van der Waals surface area contributed by atoms with Crippen LogP contribution < -0.4 is 4.74 Å². The van der Waals surface area contributed by atoms with E-state index in [1.165, 1.54) is 0 Å². The third-order valence-electron chi connectivity index (χ3n) is 3.12. The lowest BCUT2D eigenvalue weighted by Crippen LogP contribution is -2.00. The van der Waals surface area contributed by atoms with E-state index in [9.17, 15) is 0 Å². The number of hydrogen-bond acceptors (Lipinski definition) is 5. The molecule has 0 aliphatic rings. The molecule has 0 spiro atoms. The minimum Gasteiger partial charge on any atom is -0.494 e. The number of hydrogen-bond donors (Lipinski definition) is 0. The number of ether oxygens (including phenoxy) is 1. The zero-order chi connectivity index (χ0) is 16.1. The number of tetrazole rings is 1. The van der Waals surface area contributed by atoms with E-state index in [-0.39, 0.29) is 0 Å². The van der Waals surface area contributed by atoms with E-state index >= 15 is 0 Å². The molecule has 3 rings (SSSR count). The largest absolute Gasteiger partial charge is 0.494 e. The number of rotatable bonds is 6. The normalized spacial score (nSPS) is 10.7. The lowest BCUT2D eigenvalue weighted by Gasteiger charge is -2.09. The topological polar surface area (TPSA) is 52.8 Å². The molecule has 0 aliphatic carbocycles. The van der Waals surface area contributed by atoms with Crippen molar-refractivity contribution in [2.24, 2.45) is 0 Å². The van der Waals surface area contributed by atoms with Crippen LogP contribution in [0, 0.1) is 0 Å². The predicted octanol–water partition coefficient (Wildman–Crippen LogP) is 4.01. The fourth-order valence-electron chi connectivity index (χ4n) is 2.10. The van der Waals surface area contributed by atoms with E-state index < -0.39 is 0 Å². The molecule has 1 heterocycles. The second-order valence-electron chi connectivity index (χ2n) is 4.68. The third kappa shape index (κ3) is 3.83. The van der Waals surface area contributed by atoms with Gasteiger partial charge in [-0.15, -0.1) is 5.10 Å². The van der Waals surface area contributed by atoms with Crippen LogP contribution in [0.15, 0.2) is 53.7 Å². The Morgan fingerprint density at radius 1 is 1.17 bits per heavy atom. The van der Waals surface area contributed by atoms with Crippen LogP contribution in [0.2, 0.25) is 5.02 Å². The first-order valence-corrected chi connectivity index (χ1v) is 8.52. The molecule has 0 saturated carbocycles. The molecular formula is C16H15ClN4OS. The zero-order valence-corrected chi connectivity index (χ0v) is 14.1. The van der Waals surface area contributed by atoms with Crippen molar-refractivity contribution in [2.75, 3.05) is 6.61 Å². The van der Waals surface area contributed by atoms with Gasteiger partial charge in [-0.1, -0.05) is 47.6 Å². The molecule has 0 aliphatic heterocycles. The fraction of sp³-hybridized carbons (Fsp3) is 0.188. The van der Waals surface area contributed by atoms with Crippen LogP contribution in [0.25, 0.3) is 5.69 Å². The number of nitrogens with zero attached hydrogens (tertiary/aromatic N) is 4.